The maximum Gasteiger partial charge on any atom is 0.254 e. The zero-order valence-corrected chi connectivity index (χ0v) is 13.6. The lowest BCUT2D eigenvalue weighted by Gasteiger charge is -2.23. The molecule has 0 N–H and O–H groups in total. The molecule has 8 nitrogen and oxygen atoms in total. The molecule has 3 aromatic rings. The summed E-state index contributed by atoms with van der Waals surface area (Å²) in [6, 6.07) is 8.58. The van der Waals surface area contributed by atoms with Crippen LogP contribution in [0.1, 0.15) is 29.1 Å². The number of rotatable bonds is 5. The number of carbonyl (C=O) groups excluding carboxylic acids is 1. The Balaban J connectivity index is 1.91. The first-order chi connectivity index (χ1) is 11.6. The van der Waals surface area contributed by atoms with Gasteiger partial charge < -0.3 is 14.1 Å². The first-order valence-corrected chi connectivity index (χ1v) is 7.33. The van der Waals surface area contributed by atoms with E-state index in [0.717, 1.165) is 5.76 Å². The highest BCUT2D eigenvalue weighted by Crippen LogP contribution is 2.26. The van der Waals surface area contributed by atoms with Gasteiger partial charge in [0.1, 0.15) is 23.5 Å². The maximum absolute atomic E-state index is 12.8. The fraction of sp³-hybridized carbons (Fsp3) is 0.250. The van der Waals surface area contributed by atoms with Gasteiger partial charge in [0, 0.05) is 12.6 Å². The van der Waals surface area contributed by atoms with Crippen molar-refractivity contribution in [3.8, 4) is 11.4 Å². The van der Waals surface area contributed by atoms with Crippen LogP contribution in [0.2, 0.25) is 0 Å². The van der Waals surface area contributed by atoms with Crippen molar-refractivity contribution >= 4 is 5.91 Å². The molecule has 0 aliphatic rings. The van der Waals surface area contributed by atoms with Crippen molar-refractivity contribution in [2.24, 2.45) is 0 Å². The van der Waals surface area contributed by atoms with Crippen molar-refractivity contribution in [3.05, 3.63) is 54.2 Å². The third-order valence-corrected chi connectivity index (χ3v) is 3.88. The number of methoxy groups -OCH3 is 1. The van der Waals surface area contributed by atoms with Gasteiger partial charge in [0.2, 0.25) is 0 Å². The molecule has 0 radical (unpaired) electrons. The van der Waals surface area contributed by atoms with Crippen LogP contribution in [0.4, 0.5) is 0 Å². The smallest absolute Gasteiger partial charge is 0.254 e. The number of carbonyl (C=O) groups is 1. The molecule has 0 saturated carbocycles. The minimum atomic E-state index is -0.189. The second kappa shape index (κ2) is 6.53. The Morgan fingerprint density at radius 3 is 2.83 bits per heavy atom. The summed E-state index contributed by atoms with van der Waals surface area (Å²) in [5, 5.41) is 11.1. The molecular formula is C16H17N5O3. The monoisotopic (exact) mass is 327 g/mol. The van der Waals surface area contributed by atoms with Crippen LogP contribution in [-0.2, 0) is 0 Å². The number of aromatic nitrogens is 4. The summed E-state index contributed by atoms with van der Waals surface area (Å²) in [4.78, 5) is 14.4. The zero-order valence-electron chi connectivity index (χ0n) is 13.6. The lowest BCUT2D eigenvalue weighted by Crippen LogP contribution is -2.29. The summed E-state index contributed by atoms with van der Waals surface area (Å²) < 4.78 is 12.1. The average molecular weight is 327 g/mol. The van der Waals surface area contributed by atoms with Gasteiger partial charge in [-0.05, 0) is 47.7 Å². The molecule has 1 amide bonds. The van der Waals surface area contributed by atoms with Gasteiger partial charge in [0.05, 0.1) is 19.4 Å². The minimum absolute atomic E-state index is 0.143. The van der Waals surface area contributed by atoms with Gasteiger partial charge in [0.15, 0.2) is 0 Å². The summed E-state index contributed by atoms with van der Waals surface area (Å²) >= 11 is 0. The number of benzene rings is 1. The maximum atomic E-state index is 12.8. The Kier molecular flexibility index (Phi) is 4.28. The highest BCUT2D eigenvalue weighted by atomic mass is 16.5. The molecule has 0 aliphatic heterocycles. The van der Waals surface area contributed by atoms with Gasteiger partial charge in [-0.1, -0.05) is 0 Å². The molecule has 0 unspecified atom stereocenters. The van der Waals surface area contributed by atoms with Crippen molar-refractivity contribution in [1.29, 1.82) is 0 Å². The molecule has 0 spiro atoms. The van der Waals surface area contributed by atoms with Gasteiger partial charge in [-0.25, -0.2) is 0 Å². The molecule has 24 heavy (non-hydrogen) atoms. The summed E-state index contributed by atoms with van der Waals surface area (Å²) in [5.41, 5.74) is 1.09. The SMILES string of the molecule is COc1ccc(C(=O)N(C)[C@H](C)c2ccco2)cc1-n1cnnn1. The van der Waals surface area contributed by atoms with Crippen LogP contribution >= 0.6 is 0 Å². The van der Waals surface area contributed by atoms with Gasteiger partial charge in [-0.2, -0.15) is 4.68 Å². The molecule has 124 valence electrons. The van der Waals surface area contributed by atoms with Crippen molar-refractivity contribution in [2.75, 3.05) is 14.2 Å². The number of hydrogen-bond donors (Lipinski definition) is 0. The molecule has 2 aromatic heterocycles. The number of amides is 1. The number of furan rings is 1. The Morgan fingerprint density at radius 1 is 1.38 bits per heavy atom. The zero-order chi connectivity index (χ0) is 17.1. The standard InChI is InChI=1S/C16H17N5O3/c1-11(14-5-4-8-24-14)20(2)16(22)12-6-7-15(23-3)13(9-12)21-10-17-18-19-21/h4-11H,1-3H3/t11-/m1/s1. The Labute approximate surface area is 138 Å². The normalized spacial score (nSPS) is 12.0. The van der Waals surface area contributed by atoms with E-state index in [1.54, 1.807) is 49.6 Å². The quantitative estimate of drug-likeness (QED) is 0.713. The third-order valence-electron chi connectivity index (χ3n) is 3.88. The van der Waals surface area contributed by atoms with Gasteiger partial charge >= 0.3 is 0 Å². The van der Waals surface area contributed by atoms with Crippen LogP contribution in [0.25, 0.3) is 5.69 Å². The third kappa shape index (κ3) is 2.85. The molecular weight excluding hydrogens is 310 g/mol. The van der Waals surface area contributed by atoms with E-state index in [1.807, 2.05) is 13.0 Å². The minimum Gasteiger partial charge on any atom is -0.494 e. The van der Waals surface area contributed by atoms with Gasteiger partial charge in [0.25, 0.3) is 5.91 Å². The summed E-state index contributed by atoms with van der Waals surface area (Å²) in [5.74, 6) is 1.15. The molecule has 0 bridgehead atoms. The summed E-state index contributed by atoms with van der Waals surface area (Å²) in [6.45, 7) is 1.91. The molecule has 2 heterocycles. The predicted octanol–water partition coefficient (Wildman–Crippen LogP) is 2.10. The van der Waals surface area contributed by atoms with Crippen LogP contribution in [0, 0.1) is 0 Å². The Bertz CT molecular complexity index is 814. The first-order valence-electron chi connectivity index (χ1n) is 7.33. The van der Waals surface area contributed by atoms with E-state index < -0.39 is 0 Å². The van der Waals surface area contributed by atoms with Crippen molar-refractivity contribution in [2.45, 2.75) is 13.0 Å². The molecule has 0 fully saturated rings. The van der Waals surface area contributed by atoms with E-state index in [4.69, 9.17) is 9.15 Å². The molecule has 1 aromatic carbocycles. The Morgan fingerprint density at radius 2 is 2.21 bits per heavy atom. The topological polar surface area (TPSA) is 86.3 Å². The molecule has 3 rings (SSSR count). The van der Waals surface area contributed by atoms with Crippen molar-refractivity contribution < 1.29 is 13.9 Å². The predicted molar refractivity (Wildman–Crippen MR) is 84.9 cm³/mol. The molecule has 0 aliphatic carbocycles. The largest absolute Gasteiger partial charge is 0.494 e. The van der Waals surface area contributed by atoms with E-state index in [2.05, 4.69) is 15.5 Å². The number of tetrazole rings is 1. The van der Waals surface area contributed by atoms with Crippen LogP contribution in [0.15, 0.2) is 47.3 Å². The van der Waals surface area contributed by atoms with Crippen LogP contribution < -0.4 is 4.74 Å². The van der Waals surface area contributed by atoms with E-state index in [-0.39, 0.29) is 11.9 Å². The lowest BCUT2D eigenvalue weighted by atomic mass is 10.1. The van der Waals surface area contributed by atoms with Crippen LogP contribution in [0.3, 0.4) is 0 Å². The molecule has 8 heteroatoms. The highest BCUT2D eigenvalue weighted by Gasteiger charge is 2.22. The lowest BCUT2D eigenvalue weighted by molar-refractivity contribution is 0.0726. The molecule has 0 saturated heterocycles. The average Bonchev–Trinajstić information content (AvgIpc) is 3.32. The van der Waals surface area contributed by atoms with Crippen LogP contribution in [-0.4, -0.2) is 45.2 Å². The van der Waals surface area contributed by atoms with E-state index in [1.165, 1.54) is 11.0 Å². The first kappa shape index (κ1) is 15.7. The summed E-state index contributed by atoms with van der Waals surface area (Å²) in [7, 11) is 3.28. The van der Waals surface area contributed by atoms with Crippen molar-refractivity contribution in [3.63, 3.8) is 0 Å². The van der Waals surface area contributed by atoms with Gasteiger partial charge in [-0.15, -0.1) is 5.10 Å². The highest BCUT2D eigenvalue weighted by molar-refractivity contribution is 5.95. The second-order valence-electron chi connectivity index (χ2n) is 5.25. The van der Waals surface area contributed by atoms with E-state index in [0.29, 0.717) is 17.0 Å². The van der Waals surface area contributed by atoms with E-state index in [9.17, 15) is 4.79 Å². The number of nitrogens with zero attached hydrogens (tertiary/aromatic N) is 5. The second-order valence-corrected chi connectivity index (χ2v) is 5.25. The summed E-state index contributed by atoms with van der Waals surface area (Å²) in [6.07, 6.45) is 3.04. The van der Waals surface area contributed by atoms with E-state index >= 15 is 0 Å². The fourth-order valence-corrected chi connectivity index (χ4v) is 2.37. The van der Waals surface area contributed by atoms with Crippen molar-refractivity contribution in [1.82, 2.24) is 25.1 Å². The Hall–Kier alpha value is -3.16. The fourth-order valence-electron chi connectivity index (χ4n) is 2.37. The van der Waals surface area contributed by atoms with Crippen LogP contribution in [0.5, 0.6) is 5.75 Å². The number of hydrogen-bond acceptors (Lipinski definition) is 6. The molecule has 1 atom stereocenters. The van der Waals surface area contributed by atoms with Gasteiger partial charge in [-0.3, -0.25) is 4.79 Å². The number of ether oxygens (including phenoxy) is 1.